The van der Waals surface area contributed by atoms with Gasteiger partial charge in [0.25, 0.3) is 11.5 Å². The number of amides is 1. The maximum Gasteiger partial charge on any atom is 0.271 e. The van der Waals surface area contributed by atoms with Crippen molar-refractivity contribution in [3.05, 3.63) is 155 Å². The Bertz CT molecular complexity index is 2290. The summed E-state index contributed by atoms with van der Waals surface area (Å²) in [5.74, 6) is -0.281. The normalized spacial score (nSPS) is 14.7. The van der Waals surface area contributed by atoms with Crippen molar-refractivity contribution in [2.75, 3.05) is 5.32 Å². The van der Waals surface area contributed by atoms with Gasteiger partial charge in [0.15, 0.2) is 4.80 Å². The number of allylic oxidation sites excluding steroid dienone is 1. The molecule has 7 rings (SSSR count). The van der Waals surface area contributed by atoms with Crippen molar-refractivity contribution < 1.29 is 4.79 Å². The zero-order chi connectivity index (χ0) is 30.2. The van der Waals surface area contributed by atoms with Crippen molar-refractivity contribution in [1.29, 1.82) is 5.26 Å². The first kappa shape index (κ1) is 27.5. The van der Waals surface area contributed by atoms with Crippen LogP contribution in [0.2, 0.25) is 0 Å². The van der Waals surface area contributed by atoms with E-state index in [0.717, 1.165) is 26.9 Å². The van der Waals surface area contributed by atoms with Gasteiger partial charge in [-0.1, -0.05) is 65.9 Å². The summed E-state index contributed by atoms with van der Waals surface area (Å²) in [6, 6.07) is 30.4. The zero-order valence-electron chi connectivity index (χ0n) is 23.6. The SMILES string of the molecule is CC1=C(C(=O)Nc2ccccc2)[C@H](c2cccs2)n2c(s/c(=C\c3cn(Cc4ccc(C#N)cc4)c4ccccc34)c2=O)=N1. The number of fused-ring (bicyclic) bond motifs is 2. The second kappa shape index (κ2) is 11.4. The van der Waals surface area contributed by atoms with Crippen molar-refractivity contribution in [3.8, 4) is 6.07 Å². The number of anilines is 1. The van der Waals surface area contributed by atoms with Gasteiger partial charge in [-0.25, -0.2) is 4.99 Å². The van der Waals surface area contributed by atoms with Crippen molar-refractivity contribution >= 4 is 51.2 Å². The molecule has 0 fully saturated rings. The van der Waals surface area contributed by atoms with Gasteiger partial charge in [-0.2, -0.15) is 5.26 Å². The second-order valence-electron chi connectivity index (χ2n) is 10.5. The summed E-state index contributed by atoms with van der Waals surface area (Å²) < 4.78 is 4.36. The Morgan fingerprint density at radius 3 is 2.55 bits per heavy atom. The van der Waals surface area contributed by atoms with Gasteiger partial charge in [-0.3, -0.25) is 14.2 Å². The largest absolute Gasteiger partial charge is 0.342 e. The Labute approximate surface area is 260 Å². The van der Waals surface area contributed by atoms with Crippen LogP contribution in [0.1, 0.15) is 34.5 Å². The highest BCUT2D eigenvalue weighted by atomic mass is 32.1. The average Bonchev–Trinajstić information content (AvgIpc) is 3.77. The van der Waals surface area contributed by atoms with Gasteiger partial charge in [0, 0.05) is 39.8 Å². The lowest BCUT2D eigenvalue weighted by Gasteiger charge is -2.24. The Morgan fingerprint density at radius 2 is 1.80 bits per heavy atom. The molecule has 1 aliphatic rings. The van der Waals surface area contributed by atoms with Crippen LogP contribution in [0.4, 0.5) is 5.69 Å². The monoisotopic (exact) mass is 611 g/mol. The predicted molar refractivity (Wildman–Crippen MR) is 175 cm³/mol. The first-order valence-electron chi connectivity index (χ1n) is 14.0. The van der Waals surface area contributed by atoms with Crippen LogP contribution in [-0.4, -0.2) is 15.0 Å². The van der Waals surface area contributed by atoms with Crippen LogP contribution in [0.3, 0.4) is 0 Å². The molecule has 3 aromatic heterocycles. The first-order chi connectivity index (χ1) is 21.5. The summed E-state index contributed by atoms with van der Waals surface area (Å²) in [4.78, 5) is 34.0. The van der Waals surface area contributed by atoms with E-state index in [-0.39, 0.29) is 11.5 Å². The summed E-state index contributed by atoms with van der Waals surface area (Å²) in [5, 5.41) is 15.1. The molecule has 0 spiro atoms. The van der Waals surface area contributed by atoms with Crippen molar-refractivity contribution in [1.82, 2.24) is 9.13 Å². The molecule has 1 atom stereocenters. The van der Waals surface area contributed by atoms with Crippen molar-refractivity contribution in [3.63, 3.8) is 0 Å². The molecule has 3 aromatic carbocycles. The van der Waals surface area contributed by atoms with Crippen LogP contribution in [0.5, 0.6) is 0 Å². The average molecular weight is 612 g/mol. The zero-order valence-corrected chi connectivity index (χ0v) is 25.2. The maximum atomic E-state index is 14.2. The number of hydrogen-bond donors (Lipinski definition) is 1. The minimum Gasteiger partial charge on any atom is -0.342 e. The third kappa shape index (κ3) is 5.00. The van der Waals surface area contributed by atoms with Crippen LogP contribution in [-0.2, 0) is 11.3 Å². The number of rotatable bonds is 6. The van der Waals surface area contributed by atoms with Crippen LogP contribution < -0.4 is 20.2 Å². The Morgan fingerprint density at radius 1 is 1.02 bits per heavy atom. The number of hydrogen-bond acceptors (Lipinski definition) is 6. The predicted octanol–water partition coefficient (Wildman–Crippen LogP) is 5.81. The highest BCUT2D eigenvalue weighted by molar-refractivity contribution is 7.10. The topological polar surface area (TPSA) is 92.2 Å². The summed E-state index contributed by atoms with van der Waals surface area (Å²) in [5.41, 5.74) is 5.19. The van der Waals surface area contributed by atoms with Crippen LogP contribution in [0.25, 0.3) is 17.0 Å². The van der Waals surface area contributed by atoms with Crippen molar-refractivity contribution in [2.24, 2.45) is 4.99 Å². The summed E-state index contributed by atoms with van der Waals surface area (Å²) >= 11 is 2.84. The number of nitriles is 1. The number of nitrogens with zero attached hydrogens (tertiary/aromatic N) is 4. The molecule has 1 N–H and O–H groups in total. The van der Waals surface area contributed by atoms with E-state index >= 15 is 0 Å². The fraction of sp³-hybridized carbons (Fsp3) is 0.0857. The van der Waals surface area contributed by atoms with Gasteiger partial charge in [0.1, 0.15) is 6.04 Å². The molecular weight excluding hydrogens is 587 g/mol. The smallest absolute Gasteiger partial charge is 0.271 e. The lowest BCUT2D eigenvalue weighted by molar-refractivity contribution is -0.113. The summed E-state index contributed by atoms with van der Waals surface area (Å²) in [7, 11) is 0. The van der Waals surface area contributed by atoms with E-state index in [1.54, 1.807) is 4.57 Å². The minimum absolute atomic E-state index is 0.186. The van der Waals surface area contributed by atoms with E-state index in [1.807, 2.05) is 97.2 Å². The van der Waals surface area contributed by atoms with E-state index in [1.165, 1.54) is 22.7 Å². The molecule has 1 amide bonds. The third-order valence-electron chi connectivity index (χ3n) is 7.65. The number of carbonyl (C=O) groups excluding carboxylic acids is 1. The van der Waals surface area contributed by atoms with Gasteiger partial charge in [-0.05, 0) is 60.3 Å². The van der Waals surface area contributed by atoms with E-state index in [2.05, 4.69) is 34.3 Å². The number of aromatic nitrogens is 2. The standard InChI is InChI=1S/C35H25N5O2S2/c1-22-31(33(41)38-26-8-3-2-4-9-26)32(29-12-7-17-43-29)40-34(42)30(44-35(40)37-22)18-25-21-39(28-11-6-5-10-27(25)28)20-24-15-13-23(19-36)14-16-24/h2-18,21,32H,20H2,1H3,(H,38,41)/b30-18-/t32-/m0/s1. The number of benzene rings is 3. The molecule has 44 heavy (non-hydrogen) atoms. The molecular formula is C35H25N5O2S2. The summed E-state index contributed by atoms with van der Waals surface area (Å²) in [6.45, 7) is 2.45. The van der Waals surface area contributed by atoms with Crippen molar-refractivity contribution in [2.45, 2.75) is 19.5 Å². The Kier molecular flexibility index (Phi) is 7.14. The lowest BCUT2D eigenvalue weighted by Crippen LogP contribution is -2.40. The molecule has 0 saturated heterocycles. The molecule has 0 bridgehead atoms. The van der Waals surface area contributed by atoms with Crippen LogP contribution in [0.15, 0.2) is 124 Å². The number of nitrogens with one attached hydrogen (secondary N) is 1. The quantitative estimate of drug-likeness (QED) is 0.258. The number of para-hydroxylation sites is 2. The maximum absolute atomic E-state index is 14.2. The van der Waals surface area contributed by atoms with Gasteiger partial charge in [0.2, 0.25) is 0 Å². The molecule has 0 unspecified atom stereocenters. The Hall–Kier alpha value is -5.30. The Balaban J connectivity index is 1.32. The highest BCUT2D eigenvalue weighted by Crippen LogP contribution is 2.33. The molecule has 214 valence electrons. The summed E-state index contributed by atoms with van der Waals surface area (Å²) in [6.07, 6.45) is 3.98. The molecule has 4 heterocycles. The third-order valence-corrected chi connectivity index (χ3v) is 9.56. The van der Waals surface area contributed by atoms with Crippen LogP contribution in [0, 0.1) is 11.3 Å². The van der Waals surface area contributed by atoms with Gasteiger partial charge >= 0.3 is 0 Å². The van der Waals surface area contributed by atoms with E-state index < -0.39 is 6.04 Å². The lowest BCUT2D eigenvalue weighted by atomic mass is 10.0. The number of thiazole rings is 1. The fourth-order valence-corrected chi connectivity index (χ4v) is 7.45. The molecule has 1 aliphatic heterocycles. The highest BCUT2D eigenvalue weighted by Gasteiger charge is 2.33. The molecule has 7 nitrogen and oxygen atoms in total. The number of thiophene rings is 1. The van der Waals surface area contributed by atoms with Gasteiger partial charge in [-0.15, -0.1) is 11.3 Å². The van der Waals surface area contributed by atoms with Crippen LogP contribution >= 0.6 is 22.7 Å². The molecule has 6 aromatic rings. The van der Waals surface area contributed by atoms with Gasteiger partial charge < -0.3 is 9.88 Å². The second-order valence-corrected chi connectivity index (χ2v) is 12.4. The molecule has 0 radical (unpaired) electrons. The fourth-order valence-electron chi connectivity index (χ4n) is 5.59. The van der Waals surface area contributed by atoms with E-state index in [9.17, 15) is 9.59 Å². The minimum atomic E-state index is -0.588. The van der Waals surface area contributed by atoms with E-state index in [4.69, 9.17) is 10.3 Å². The molecule has 0 aliphatic carbocycles. The van der Waals surface area contributed by atoms with Gasteiger partial charge in [0.05, 0.1) is 27.4 Å². The number of carbonyl (C=O) groups is 1. The van der Waals surface area contributed by atoms with E-state index in [0.29, 0.717) is 38.4 Å². The first-order valence-corrected chi connectivity index (χ1v) is 15.7. The molecule has 0 saturated carbocycles. The molecule has 9 heteroatoms.